The van der Waals surface area contributed by atoms with Crippen molar-refractivity contribution in [2.24, 2.45) is 4.99 Å². The van der Waals surface area contributed by atoms with Crippen molar-refractivity contribution in [3.63, 3.8) is 0 Å². The van der Waals surface area contributed by atoms with Crippen LogP contribution in [0.5, 0.6) is 5.75 Å². The van der Waals surface area contributed by atoms with Gasteiger partial charge in [-0.2, -0.15) is 0 Å². The number of aryl methyl sites for hydroxylation is 1. The fourth-order valence-electron chi connectivity index (χ4n) is 5.79. The van der Waals surface area contributed by atoms with E-state index in [1.54, 1.807) is 36.8 Å². The number of hydrogen-bond acceptors (Lipinski definition) is 7. The molecule has 0 bridgehead atoms. The topological polar surface area (TPSA) is 73.1 Å². The van der Waals surface area contributed by atoms with E-state index >= 15 is 0 Å². The Labute approximate surface area is 259 Å². The summed E-state index contributed by atoms with van der Waals surface area (Å²) >= 11 is 7.78. The summed E-state index contributed by atoms with van der Waals surface area (Å²) in [7, 11) is 1.55. The van der Waals surface area contributed by atoms with Gasteiger partial charge in [-0.25, -0.2) is 9.79 Å². The second-order valence-electron chi connectivity index (χ2n) is 10.6. The summed E-state index contributed by atoms with van der Waals surface area (Å²) in [4.78, 5) is 35.8. The number of fused-ring (bicyclic) bond motifs is 1. The van der Waals surface area contributed by atoms with Gasteiger partial charge in [-0.3, -0.25) is 9.36 Å². The zero-order valence-electron chi connectivity index (χ0n) is 24.3. The minimum absolute atomic E-state index is 0.168. The molecule has 4 aromatic rings. The highest BCUT2D eigenvalue weighted by molar-refractivity contribution is 7.07. The fraction of sp³-hybridized carbons (Fsp3) is 0.265. The van der Waals surface area contributed by atoms with Crippen molar-refractivity contribution in [1.82, 2.24) is 4.57 Å². The molecule has 0 N–H and O–H groups in total. The number of ether oxygens (including phenoxy) is 2. The molecular formula is C34H32ClN3O4S. The van der Waals surface area contributed by atoms with Gasteiger partial charge >= 0.3 is 5.97 Å². The minimum atomic E-state index is -0.875. The van der Waals surface area contributed by atoms with Crippen LogP contribution < -0.4 is 24.5 Å². The SMILES string of the molecule is CCOC(=O)C1=C(c2ccccc2)N=c2s/c(=C\c3ccc(N4CCCC4)cc3C)c(=O)n2[C@@H]1c1cc(Cl)ccc1OC. The molecule has 3 heterocycles. The first-order valence-corrected chi connectivity index (χ1v) is 15.6. The molecule has 1 aromatic heterocycles. The summed E-state index contributed by atoms with van der Waals surface area (Å²) in [5.74, 6) is -0.0619. The monoisotopic (exact) mass is 613 g/mol. The number of thiazole rings is 1. The number of carbonyl (C=O) groups excluding carboxylic acids is 1. The third-order valence-corrected chi connectivity index (χ3v) is 9.09. The Morgan fingerprint density at radius 1 is 1.09 bits per heavy atom. The molecule has 7 nitrogen and oxygen atoms in total. The Kier molecular flexibility index (Phi) is 8.23. The number of carbonyl (C=O) groups is 1. The molecule has 0 saturated carbocycles. The summed E-state index contributed by atoms with van der Waals surface area (Å²) in [6.07, 6.45) is 4.33. The lowest BCUT2D eigenvalue weighted by molar-refractivity contribution is -0.138. The third kappa shape index (κ3) is 5.53. The maximum atomic E-state index is 14.3. The van der Waals surface area contributed by atoms with Gasteiger partial charge in [-0.15, -0.1) is 0 Å². The lowest BCUT2D eigenvalue weighted by Crippen LogP contribution is -2.40. The molecule has 0 aliphatic carbocycles. The van der Waals surface area contributed by atoms with Crippen LogP contribution in [0.4, 0.5) is 5.69 Å². The molecule has 6 rings (SSSR count). The van der Waals surface area contributed by atoms with Crippen molar-refractivity contribution in [1.29, 1.82) is 0 Å². The van der Waals surface area contributed by atoms with Crippen molar-refractivity contribution in [2.45, 2.75) is 32.7 Å². The number of esters is 1. The number of nitrogens with zero attached hydrogens (tertiary/aromatic N) is 3. The maximum Gasteiger partial charge on any atom is 0.338 e. The molecule has 3 aromatic carbocycles. The van der Waals surface area contributed by atoms with Gasteiger partial charge in [0.15, 0.2) is 4.80 Å². The molecule has 9 heteroatoms. The molecule has 220 valence electrons. The van der Waals surface area contributed by atoms with Gasteiger partial charge in [0.25, 0.3) is 5.56 Å². The van der Waals surface area contributed by atoms with E-state index in [2.05, 4.69) is 30.0 Å². The van der Waals surface area contributed by atoms with Gasteiger partial charge in [0.05, 0.1) is 29.5 Å². The maximum absolute atomic E-state index is 14.3. The van der Waals surface area contributed by atoms with Crippen LogP contribution in [-0.2, 0) is 9.53 Å². The van der Waals surface area contributed by atoms with E-state index in [0.717, 1.165) is 29.8 Å². The van der Waals surface area contributed by atoms with Crippen LogP contribution in [0.3, 0.4) is 0 Å². The van der Waals surface area contributed by atoms with Gasteiger partial charge < -0.3 is 14.4 Å². The third-order valence-electron chi connectivity index (χ3n) is 7.87. The zero-order chi connectivity index (χ0) is 30.1. The summed E-state index contributed by atoms with van der Waals surface area (Å²) in [5, 5.41) is 0.452. The Bertz CT molecular complexity index is 1910. The second kappa shape index (κ2) is 12.2. The van der Waals surface area contributed by atoms with E-state index in [0.29, 0.717) is 31.4 Å². The van der Waals surface area contributed by atoms with Crippen molar-refractivity contribution in [3.8, 4) is 5.75 Å². The molecule has 2 aliphatic rings. The molecule has 1 atom stereocenters. The number of methoxy groups -OCH3 is 1. The van der Waals surface area contributed by atoms with Gasteiger partial charge in [-0.05, 0) is 74.2 Å². The van der Waals surface area contributed by atoms with Gasteiger partial charge in [0, 0.05) is 34.9 Å². The zero-order valence-corrected chi connectivity index (χ0v) is 25.9. The van der Waals surface area contributed by atoms with Crippen molar-refractivity contribution < 1.29 is 14.3 Å². The van der Waals surface area contributed by atoms with Crippen molar-refractivity contribution in [2.75, 3.05) is 31.7 Å². The van der Waals surface area contributed by atoms with Crippen LogP contribution in [-0.4, -0.2) is 37.3 Å². The second-order valence-corrected chi connectivity index (χ2v) is 12.0. The Balaban J connectivity index is 1.60. The first-order chi connectivity index (χ1) is 20.9. The lowest BCUT2D eigenvalue weighted by atomic mass is 9.92. The van der Waals surface area contributed by atoms with Crippen LogP contribution in [0.25, 0.3) is 11.8 Å². The Morgan fingerprint density at radius 2 is 1.86 bits per heavy atom. The molecule has 0 radical (unpaired) electrons. The molecule has 0 amide bonds. The average Bonchev–Trinajstić information content (AvgIpc) is 3.66. The summed E-state index contributed by atoms with van der Waals surface area (Å²) in [6.45, 7) is 6.12. The van der Waals surface area contributed by atoms with E-state index in [1.165, 1.54) is 29.9 Å². The molecule has 1 fully saturated rings. The van der Waals surface area contributed by atoms with Crippen LogP contribution in [0.2, 0.25) is 5.02 Å². The highest BCUT2D eigenvalue weighted by Crippen LogP contribution is 2.39. The number of anilines is 1. The number of aromatic nitrogens is 1. The molecular weight excluding hydrogens is 582 g/mol. The molecule has 1 saturated heterocycles. The van der Waals surface area contributed by atoms with Crippen LogP contribution in [0, 0.1) is 6.92 Å². The first-order valence-electron chi connectivity index (χ1n) is 14.4. The summed E-state index contributed by atoms with van der Waals surface area (Å²) < 4.78 is 13.4. The fourth-order valence-corrected chi connectivity index (χ4v) is 6.96. The number of benzene rings is 3. The number of rotatable bonds is 7. The summed E-state index contributed by atoms with van der Waals surface area (Å²) in [6, 6.07) is 20.1. The van der Waals surface area contributed by atoms with Crippen LogP contribution in [0.1, 0.15) is 48.1 Å². The summed E-state index contributed by atoms with van der Waals surface area (Å²) in [5.41, 5.74) is 4.99. The van der Waals surface area contributed by atoms with Crippen LogP contribution in [0.15, 0.2) is 82.1 Å². The lowest BCUT2D eigenvalue weighted by Gasteiger charge is -2.27. The van der Waals surface area contributed by atoms with E-state index in [9.17, 15) is 9.59 Å². The van der Waals surface area contributed by atoms with E-state index in [-0.39, 0.29) is 17.7 Å². The Morgan fingerprint density at radius 3 is 2.56 bits per heavy atom. The van der Waals surface area contributed by atoms with E-state index in [4.69, 9.17) is 26.1 Å². The highest BCUT2D eigenvalue weighted by Gasteiger charge is 2.37. The van der Waals surface area contributed by atoms with Gasteiger partial charge in [0.1, 0.15) is 11.8 Å². The predicted molar refractivity (Wildman–Crippen MR) is 172 cm³/mol. The largest absolute Gasteiger partial charge is 0.496 e. The van der Waals surface area contributed by atoms with Crippen molar-refractivity contribution in [3.05, 3.63) is 119 Å². The molecule has 2 aliphatic heterocycles. The molecule has 0 unspecified atom stereocenters. The average molecular weight is 614 g/mol. The minimum Gasteiger partial charge on any atom is -0.496 e. The van der Waals surface area contributed by atoms with E-state index < -0.39 is 12.0 Å². The first kappa shape index (κ1) is 29.0. The molecule has 43 heavy (non-hydrogen) atoms. The van der Waals surface area contributed by atoms with Crippen molar-refractivity contribution >= 4 is 46.4 Å². The van der Waals surface area contributed by atoms with Gasteiger partial charge in [-0.1, -0.05) is 59.3 Å². The quantitative estimate of drug-likeness (QED) is 0.257. The number of halogens is 1. The van der Waals surface area contributed by atoms with Crippen LogP contribution >= 0.6 is 22.9 Å². The Hall–Kier alpha value is -4.14. The normalized spacial score (nSPS) is 16.7. The number of hydrogen-bond donors (Lipinski definition) is 0. The molecule has 0 spiro atoms. The smallest absolute Gasteiger partial charge is 0.338 e. The highest BCUT2D eigenvalue weighted by atomic mass is 35.5. The van der Waals surface area contributed by atoms with Gasteiger partial charge in [0.2, 0.25) is 0 Å². The van der Waals surface area contributed by atoms with E-state index in [1.807, 2.05) is 36.4 Å². The predicted octanol–water partition coefficient (Wildman–Crippen LogP) is 5.51. The standard InChI is InChI=1S/C34H32ClN3O4S/c1-4-42-33(40)29-30(22-10-6-5-7-11-22)36-34-38(31(29)26-20-24(35)13-15-27(26)41-3)32(39)28(43-34)19-23-12-14-25(18-21(23)2)37-16-8-9-17-37/h5-7,10-15,18-20,31H,4,8-9,16-17H2,1-3H3/b28-19-/t31-/m1/s1.